The van der Waals surface area contributed by atoms with Crippen LogP contribution in [0.15, 0.2) is 24.3 Å². The number of benzene rings is 1. The standard InChI is InChI=1S/C24H34N6O2/c1-4-5-11-32-23-27-21(25)20-22(28-23)30(15-19(31)26-20)14-18-8-6-7-17(12-18)13-29-10-9-24(2,3)16-29/h6-8,12H,4-5,9-11,13-16H2,1-3H3,(H,26,31)(H2,25,27,28). The molecule has 1 aromatic heterocycles. The lowest BCUT2D eigenvalue weighted by molar-refractivity contribution is -0.115. The highest BCUT2D eigenvalue weighted by Gasteiger charge is 2.29. The first-order chi connectivity index (χ1) is 15.3. The fraction of sp³-hybridized carbons (Fsp3) is 0.542. The molecule has 1 aromatic carbocycles. The molecule has 0 aliphatic carbocycles. The Hall–Kier alpha value is -2.87. The summed E-state index contributed by atoms with van der Waals surface area (Å²) < 4.78 is 5.68. The van der Waals surface area contributed by atoms with Crippen molar-refractivity contribution in [2.24, 2.45) is 5.41 Å². The second-order valence-electron chi connectivity index (χ2n) is 9.64. The summed E-state index contributed by atoms with van der Waals surface area (Å²) in [7, 11) is 0. The topological polar surface area (TPSA) is 96.6 Å². The van der Waals surface area contributed by atoms with E-state index in [1.807, 2.05) is 4.90 Å². The normalized spacial score (nSPS) is 17.8. The summed E-state index contributed by atoms with van der Waals surface area (Å²) in [5.41, 5.74) is 9.39. The summed E-state index contributed by atoms with van der Waals surface area (Å²) in [4.78, 5) is 25.6. The van der Waals surface area contributed by atoms with E-state index in [1.54, 1.807) is 0 Å². The molecule has 0 atom stereocenters. The second-order valence-corrected chi connectivity index (χ2v) is 9.64. The summed E-state index contributed by atoms with van der Waals surface area (Å²) in [5, 5.41) is 2.81. The quantitative estimate of drug-likeness (QED) is 0.610. The van der Waals surface area contributed by atoms with E-state index in [-0.39, 0.29) is 24.3 Å². The molecule has 8 heteroatoms. The third-order valence-corrected chi connectivity index (χ3v) is 6.05. The number of aromatic nitrogens is 2. The van der Waals surface area contributed by atoms with Gasteiger partial charge in [0.05, 0.1) is 13.2 Å². The molecule has 2 aromatic rings. The van der Waals surface area contributed by atoms with Crippen LogP contribution in [0.5, 0.6) is 6.01 Å². The Labute approximate surface area is 190 Å². The lowest BCUT2D eigenvalue weighted by Crippen LogP contribution is -2.39. The molecular weight excluding hydrogens is 404 g/mol. The first-order valence-corrected chi connectivity index (χ1v) is 11.5. The van der Waals surface area contributed by atoms with Crippen LogP contribution < -0.4 is 20.7 Å². The largest absolute Gasteiger partial charge is 0.463 e. The molecule has 0 bridgehead atoms. The van der Waals surface area contributed by atoms with Crippen LogP contribution in [0.25, 0.3) is 0 Å². The molecule has 3 N–H and O–H groups in total. The van der Waals surface area contributed by atoms with Gasteiger partial charge >= 0.3 is 6.01 Å². The molecule has 2 aliphatic rings. The van der Waals surface area contributed by atoms with Crippen LogP contribution in [0.3, 0.4) is 0 Å². The van der Waals surface area contributed by atoms with E-state index in [1.165, 1.54) is 12.0 Å². The van der Waals surface area contributed by atoms with E-state index < -0.39 is 0 Å². The van der Waals surface area contributed by atoms with Gasteiger partial charge in [0.15, 0.2) is 11.6 Å². The SMILES string of the molecule is CCCCOc1nc(N)c2c(n1)N(Cc1cccc(CN3CCC(C)(C)C3)c1)CC(=O)N2. The van der Waals surface area contributed by atoms with E-state index in [0.29, 0.717) is 30.1 Å². The highest BCUT2D eigenvalue weighted by molar-refractivity contribution is 6.03. The van der Waals surface area contributed by atoms with E-state index in [2.05, 4.69) is 65.2 Å². The Morgan fingerprint density at radius 2 is 2.00 bits per heavy atom. The van der Waals surface area contributed by atoms with E-state index in [0.717, 1.165) is 38.0 Å². The number of fused-ring (bicyclic) bond motifs is 1. The Balaban J connectivity index is 1.52. The number of carbonyl (C=O) groups excluding carboxylic acids is 1. The minimum Gasteiger partial charge on any atom is -0.463 e. The van der Waals surface area contributed by atoms with Crippen molar-refractivity contribution in [1.29, 1.82) is 0 Å². The fourth-order valence-corrected chi connectivity index (χ4v) is 4.39. The summed E-state index contributed by atoms with van der Waals surface area (Å²) >= 11 is 0. The maximum absolute atomic E-state index is 12.3. The number of nitrogens with one attached hydrogen (secondary N) is 1. The predicted molar refractivity (Wildman–Crippen MR) is 127 cm³/mol. The summed E-state index contributed by atoms with van der Waals surface area (Å²) in [6.45, 7) is 11.3. The van der Waals surface area contributed by atoms with E-state index >= 15 is 0 Å². The Kier molecular flexibility index (Phi) is 6.50. The zero-order chi connectivity index (χ0) is 22.7. The van der Waals surface area contributed by atoms with Gasteiger partial charge in [-0.1, -0.05) is 51.5 Å². The molecule has 1 amide bonds. The molecule has 1 fully saturated rings. The van der Waals surface area contributed by atoms with Crippen LogP contribution >= 0.6 is 0 Å². The maximum Gasteiger partial charge on any atom is 0.320 e. The number of hydrogen-bond donors (Lipinski definition) is 2. The molecule has 0 radical (unpaired) electrons. The molecule has 0 spiro atoms. The van der Waals surface area contributed by atoms with Gasteiger partial charge in [-0.15, -0.1) is 0 Å². The van der Waals surface area contributed by atoms with Crippen molar-refractivity contribution < 1.29 is 9.53 Å². The number of amides is 1. The summed E-state index contributed by atoms with van der Waals surface area (Å²) in [6.07, 6.45) is 3.17. The first-order valence-electron chi connectivity index (χ1n) is 11.5. The van der Waals surface area contributed by atoms with Crippen LogP contribution in [0, 0.1) is 5.41 Å². The Morgan fingerprint density at radius 1 is 1.22 bits per heavy atom. The van der Waals surface area contributed by atoms with Gasteiger partial charge in [-0.05, 0) is 35.9 Å². The van der Waals surface area contributed by atoms with Gasteiger partial charge < -0.3 is 20.7 Å². The number of likely N-dealkylation sites (tertiary alicyclic amines) is 1. The lowest BCUT2D eigenvalue weighted by atomic mass is 9.93. The van der Waals surface area contributed by atoms with Gasteiger partial charge in [0, 0.05) is 19.6 Å². The average Bonchev–Trinajstić information content (AvgIpc) is 3.07. The van der Waals surface area contributed by atoms with Gasteiger partial charge in [-0.2, -0.15) is 9.97 Å². The molecule has 8 nitrogen and oxygen atoms in total. The van der Waals surface area contributed by atoms with Gasteiger partial charge in [-0.3, -0.25) is 9.69 Å². The highest BCUT2D eigenvalue weighted by atomic mass is 16.5. The number of nitrogens with two attached hydrogens (primary N) is 1. The Bertz CT molecular complexity index is 977. The summed E-state index contributed by atoms with van der Waals surface area (Å²) in [6, 6.07) is 8.82. The van der Waals surface area contributed by atoms with Crippen LogP contribution in [0.4, 0.5) is 17.3 Å². The van der Waals surface area contributed by atoms with Crippen molar-refractivity contribution in [3.05, 3.63) is 35.4 Å². The minimum absolute atomic E-state index is 0.122. The predicted octanol–water partition coefficient (Wildman–Crippen LogP) is 3.43. The number of rotatable bonds is 8. The highest BCUT2D eigenvalue weighted by Crippen LogP contribution is 2.34. The van der Waals surface area contributed by atoms with Crippen molar-refractivity contribution in [1.82, 2.24) is 14.9 Å². The number of nitrogens with zero attached hydrogens (tertiary/aromatic N) is 4. The lowest BCUT2D eigenvalue weighted by Gasteiger charge is -2.30. The molecule has 4 rings (SSSR count). The zero-order valence-corrected chi connectivity index (χ0v) is 19.4. The molecule has 2 aliphatic heterocycles. The zero-order valence-electron chi connectivity index (χ0n) is 19.4. The number of ether oxygens (including phenoxy) is 1. The van der Waals surface area contributed by atoms with Gasteiger partial charge in [0.1, 0.15) is 5.69 Å². The van der Waals surface area contributed by atoms with E-state index in [4.69, 9.17) is 10.5 Å². The number of nitrogen functional groups attached to an aromatic ring is 1. The van der Waals surface area contributed by atoms with Crippen molar-refractivity contribution in [2.75, 3.05) is 42.2 Å². The van der Waals surface area contributed by atoms with E-state index in [9.17, 15) is 4.79 Å². The van der Waals surface area contributed by atoms with Crippen LogP contribution in [-0.4, -0.2) is 47.0 Å². The Morgan fingerprint density at radius 3 is 2.72 bits per heavy atom. The van der Waals surface area contributed by atoms with Crippen LogP contribution in [-0.2, 0) is 17.9 Å². The third kappa shape index (κ3) is 5.30. The molecule has 1 saturated heterocycles. The molecule has 32 heavy (non-hydrogen) atoms. The molecule has 0 saturated carbocycles. The smallest absolute Gasteiger partial charge is 0.320 e. The number of unbranched alkanes of at least 4 members (excludes halogenated alkanes) is 1. The van der Waals surface area contributed by atoms with Gasteiger partial charge in [0.2, 0.25) is 5.91 Å². The fourth-order valence-electron chi connectivity index (χ4n) is 4.39. The van der Waals surface area contributed by atoms with Crippen LogP contribution in [0.1, 0.15) is 51.2 Å². The maximum atomic E-state index is 12.3. The van der Waals surface area contributed by atoms with Crippen molar-refractivity contribution in [3.63, 3.8) is 0 Å². The first kappa shape index (κ1) is 22.3. The number of carbonyl (C=O) groups is 1. The molecule has 0 unspecified atom stereocenters. The number of hydrogen-bond acceptors (Lipinski definition) is 7. The van der Waals surface area contributed by atoms with Crippen molar-refractivity contribution in [3.8, 4) is 6.01 Å². The average molecular weight is 439 g/mol. The molecule has 3 heterocycles. The van der Waals surface area contributed by atoms with Crippen LogP contribution in [0.2, 0.25) is 0 Å². The van der Waals surface area contributed by atoms with Crippen molar-refractivity contribution >= 4 is 23.2 Å². The van der Waals surface area contributed by atoms with Crippen molar-refractivity contribution in [2.45, 2.75) is 53.1 Å². The third-order valence-electron chi connectivity index (χ3n) is 6.05. The van der Waals surface area contributed by atoms with Gasteiger partial charge in [-0.25, -0.2) is 0 Å². The molecule has 172 valence electrons. The summed E-state index contributed by atoms with van der Waals surface area (Å²) in [5.74, 6) is 0.711. The number of anilines is 3. The second kappa shape index (κ2) is 9.32. The van der Waals surface area contributed by atoms with Gasteiger partial charge in [0.25, 0.3) is 0 Å². The molecular formula is C24H34N6O2. The monoisotopic (exact) mass is 438 g/mol. The minimum atomic E-state index is -0.122.